The van der Waals surface area contributed by atoms with Gasteiger partial charge in [-0.15, -0.1) is 0 Å². The minimum atomic E-state index is -0.654. The summed E-state index contributed by atoms with van der Waals surface area (Å²) in [6.07, 6.45) is 1.26. The van der Waals surface area contributed by atoms with Gasteiger partial charge in [-0.05, 0) is 38.5 Å². The van der Waals surface area contributed by atoms with Gasteiger partial charge in [-0.1, -0.05) is 12.1 Å². The second-order valence-electron chi connectivity index (χ2n) is 6.46. The van der Waals surface area contributed by atoms with Crippen LogP contribution in [0.4, 0.5) is 0 Å². The Bertz CT molecular complexity index is 913. The van der Waals surface area contributed by atoms with Crippen molar-refractivity contribution in [1.29, 1.82) is 0 Å². The number of ether oxygens (including phenoxy) is 3. The smallest absolute Gasteiger partial charge is 0.343 e. The molecule has 0 aliphatic carbocycles. The average Bonchev–Trinajstić information content (AvgIpc) is 2.61. The molecule has 1 N–H and O–H groups in total. The summed E-state index contributed by atoms with van der Waals surface area (Å²) in [5, 5.41) is 0. The Morgan fingerprint density at radius 2 is 1.96 bits per heavy atom. The Kier molecular flexibility index (Phi) is 5.30. The number of pyridine rings is 1. The molecule has 2 aromatic rings. The lowest BCUT2D eigenvalue weighted by Crippen LogP contribution is -2.30. The normalized spacial score (nSPS) is 15.9. The van der Waals surface area contributed by atoms with Crippen LogP contribution < -0.4 is 15.0 Å². The van der Waals surface area contributed by atoms with E-state index in [4.69, 9.17) is 14.2 Å². The van der Waals surface area contributed by atoms with Crippen LogP contribution in [0.1, 0.15) is 54.6 Å². The van der Waals surface area contributed by atoms with Crippen LogP contribution >= 0.6 is 0 Å². The number of benzene rings is 1. The molecule has 7 heteroatoms. The summed E-state index contributed by atoms with van der Waals surface area (Å²) >= 11 is 0. The lowest BCUT2D eigenvalue weighted by Gasteiger charge is -2.25. The summed E-state index contributed by atoms with van der Waals surface area (Å²) in [5.74, 6) is -1.01. The summed E-state index contributed by atoms with van der Waals surface area (Å²) in [5.41, 5.74) is 0.635. The van der Waals surface area contributed by atoms with E-state index >= 15 is 0 Å². The van der Waals surface area contributed by atoms with E-state index in [9.17, 15) is 14.4 Å². The second-order valence-corrected chi connectivity index (χ2v) is 6.46. The number of rotatable bonds is 5. The van der Waals surface area contributed by atoms with Gasteiger partial charge >= 0.3 is 11.9 Å². The quantitative estimate of drug-likeness (QED) is 0.812. The second kappa shape index (κ2) is 7.65. The number of aromatic nitrogens is 1. The number of fused-ring (bicyclic) bond motifs is 1. The van der Waals surface area contributed by atoms with E-state index in [1.165, 1.54) is 6.20 Å². The average molecular weight is 371 g/mol. The van der Waals surface area contributed by atoms with Crippen LogP contribution in [0, 0.1) is 0 Å². The molecule has 0 saturated heterocycles. The maximum atomic E-state index is 12.5. The molecule has 3 rings (SSSR count). The predicted octanol–water partition coefficient (Wildman–Crippen LogP) is 2.78. The van der Waals surface area contributed by atoms with Gasteiger partial charge in [0, 0.05) is 12.1 Å². The van der Waals surface area contributed by atoms with Gasteiger partial charge in [-0.25, -0.2) is 4.79 Å². The molecule has 1 aromatic carbocycles. The van der Waals surface area contributed by atoms with Crippen molar-refractivity contribution in [1.82, 2.24) is 4.98 Å². The van der Waals surface area contributed by atoms with Crippen molar-refractivity contribution in [3.05, 3.63) is 57.5 Å². The third-order valence-electron chi connectivity index (χ3n) is 4.17. The van der Waals surface area contributed by atoms with Gasteiger partial charge < -0.3 is 19.2 Å². The number of hydrogen-bond donors (Lipinski definition) is 1. The summed E-state index contributed by atoms with van der Waals surface area (Å²) in [4.78, 5) is 39.4. The molecule has 1 aliphatic rings. The topological polar surface area (TPSA) is 94.7 Å². The molecule has 1 aromatic heterocycles. The molecule has 0 radical (unpaired) electrons. The number of aromatic amines is 1. The van der Waals surface area contributed by atoms with Crippen LogP contribution in [0.25, 0.3) is 0 Å². The number of carbonyl (C=O) groups excluding carboxylic acids is 2. The van der Waals surface area contributed by atoms with Gasteiger partial charge in [0.15, 0.2) is 5.75 Å². The van der Waals surface area contributed by atoms with Gasteiger partial charge in [-0.2, -0.15) is 0 Å². The summed E-state index contributed by atoms with van der Waals surface area (Å²) in [7, 11) is 0. The van der Waals surface area contributed by atoms with Crippen LogP contribution in [-0.4, -0.2) is 29.6 Å². The van der Waals surface area contributed by atoms with E-state index in [2.05, 4.69) is 4.98 Å². The fourth-order valence-electron chi connectivity index (χ4n) is 3.08. The van der Waals surface area contributed by atoms with Crippen LogP contribution in [0.2, 0.25) is 0 Å². The van der Waals surface area contributed by atoms with Crippen molar-refractivity contribution in [3.8, 4) is 11.5 Å². The molecule has 27 heavy (non-hydrogen) atoms. The first-order valence-corrected chi connectivity index (χ1v) is 8.80. The fraction of sp³-hybridized carbons (Fsp3) is 0.350. The number of H-pyrrole nitrogens is 1. The Hall–Kier alpha value is -3.09. The minimum Gasteiger partial charge on any atom is -0.491 e. The first kappa shape index (κ1) is 18.7. The number of esters is 2. The third-order valence-corrected chi connectivity index (χ3v) is 4.17. The summed E-state index contributed by atoms with van der Waals surface area (Å²) in [6, 6.07) is 7.19. The van der Waals surface area contributed by atoms with Gasteiger partial charge in [0.05, 0.1) is 24.7 Å². The molecule has 0 amide bonds. The fourth-order valence-corrected chi connectivity index (χ4v) is 3.08. The summed E-state index contributed by atoms with van der Waals surface area (Å²) in [6.45, 7) is 5.70. The summed E-state index contributed by atoms with van der Waals surface area (Å²) < 4.78 is 15.9. The maximum Gasteiger partial charge on any atom is 0.343 e. The van der Waals surface area contributed by atoms with Crippen LogP contribution in [-0.2, 0) is 9.53 Å². The molecule has 0 unspecified atom stereocenters. The van der Waals surface area contributed by atoms with E-state index in [1.54, 1.807) is 31.2 Å². The highest BCUT2D eigenvalue weighted by atomic mass is 16.5. The van der Waals surface area contributed by atoms with Crippen molar-refractivity contribution in [3.63, 3.8) is 0 Å². The Balaban J connectivity index is 2.05. The third kappa shape index (κ3) is 3.86. The van der Waals surface area contributed by atoms with Gasteiger partial charge in [0.25, 0.3) is 5.56 Å². The molecule has 0 bridgehead atoms. The zero-order valence-electron chi connectivity index (χ0n) is 15.4. The Morgan fingerprint density at radius 3 is 2.59 bits per heavy atom. The molecule has 1 aliphatic heterocycles. The Labute approximate surface area is 156 Å². The molecular weight excluding hydrogens is 350 g/mol. The highest BCUT2D eigenvalue weighted by Crippen LogP contribution is 2.38. The van der Waals surface area contributed by atoms with Crippen molar-refractivity contribution in [2.45, 2.75) is 39.2 Å². The van der Waals surface area contributed by atoms with E-state index in [0.29, 0.717) is 5.75 Å². The first-order valence-electron chi connectivity index (χ1n) is 8.80. The largest absolute Gasteiger partial charge is 0.491 e. The van der Waals surface area contributed by atoms with Crippen LogP contribution in [0.3, 0.4) is 0 Å². The van der Waals surface area contributed by atoms with Gasteiger partial charge in [0.2, 0.25) is 0 Å². The van der Waals surface area contributed by atoms with E-state index < -0.39 is 23.4 Å². The lowest BCUT2D eigenvalue weighted by molar-refractivity contribution is -0.135. The van der Waals surface area contributed by atoms with E-state index in [-0.39, 0.29) is 36.0 Å². The highest BCUT2D eigenvalue weighted by molar-refractivity contribution is 5.94. The van der Waals surface area contributed by atoms with Crippen LogP contribution in [0.15, 0.2) is 35.3 Å². The first-order chi connectivity index (χ1) is 12.9. The van der Waals surface area contributed by atoms with Crippen molar-refractivity contribution in [2.24, 2.45) is 0 Å². The number of hydrogen-bond acceptors (Lipinski definition) is 6. The monoisotopic (exact) mass is 371 g/mol. The van der Waals surface area contributed by atoms with Gasteiger partial charge in [-0.3, -0.25) is 9.59 Å². The molecule has 1 atom stereocenters. The molecule has 0 saturated carbocycles. The van der Waals surface area contributed by atoms with Crippen molar-refractivity contribution >= 4 is 11.9 Å². The predicted molar refractivity (Wildman–Crippen MR) is 97.3 cm³/mol. The van der Waals surface area contributed by atoms with Crippen molar-refractivity contribution in [2.75, 3.05) is 6.61 Å². The molecule has 7 nitrogen and oxygen atoms in total. The van der Waals surface area contributed by atoms with Crippen molar-refractivity contribution < 1.29 is 23.8 Å². The molecule has 0 fully saturated rings. The minimum absolute atomic E-state index is 0.00669. The van der Waals surface area contributed by atoms with Crippen LogP contribution in [0.5, 0.6) is 11.5 Å². The highest BCUT2D eigenvalue weighted by Gasteiger charge is 2.34. The molecule has 0 spiro atoms. The number of carbonyl (C=O) groups is 2. The van der Waals surface area contributed by atoms with E-state index in [0.717, 1.165) is 5.56 Å². The number of nitrogens with one attached hydrogen (secondary N) is 1. The van der Waals surface area contributed by atoms with Gasteiger partial charge in [0.1, 0.15) is 11.3 Å². The SMILES string of the molecule is CCOC(=O)c1c[nH]c(=O)c2c1OC(=O)C[C@@H]2c1ccc(OC(C)C)cc1. The standard InChI is InChI=1S/C20H21NO6/c1-4-25-20(24)15-10-21-19(23)17-14(9-16(22)27-18(15)17)12-5-7-13(8-6-12)26-11(2)3/h5-8,10-11,14H,4,9H2,1-3H3,(H,21,23)/t14-/m1/s1. The molecular formula is C20H21NO6. The maximum absolute atomic E-state index is 12.5. The zero-order chi connectivity index (χ0) is 19.6. The van der Waals surface area contributed by atoms with E-state index in [1.807, 2.05) is 13.8 Å². The molecule has 2 heterocycles. The Morgan fingerprint density at radius 1 is 1.26 bits per heavy atom. The lowest BCUT2D eigenvalue weighted by atomic mass is 9.86. The zero-order valence-corrected chi connectivity index (χ0v) is 15.4. The molecule has 142 valence electrons.